The number of hydrogen-bond donors (Lipinski definition) is 1. The molecule has 0 amide bonds. The molecule has 4 heterocycles. The number of pyridine rings is 2. The molecule has 0 unspecified atom stereocenters. The van der Waals surface area contributed by atoms with Crippen LogP contribution in [0.1, 0.15) is 11.3 Å². The first-order valence-corrected chi connectivity index (χ1v) is 10.4. The normalized spacial score (nSPS) is 11.5. The summed E-state index contributed by atoms with van der Waals surface area (Å²) in [6.45, 7) is 1.99. The zero-order valence-corrected chi connectivity index (χ0v) is 18.4. The summed E-state index contributed by atoms with van der Waals surface area (Å²) in [5, 5.41) is 5.60. The van der Waals surface area contributed by atoms with Gasteiger partial charge in [-0.25, -0.2) is 19.0 Å². The lowest BCUT2D eigenvalue weighted by molar-refractivity contribution is 0.606. The molecule has 0 radical (unpaired) electrons. The summed E-state index contributed by atoms with van der Waals surface area (Å²) < 4.78 is 18.4. The van der Waals surface area contributed by atoms with Gasteiger partial charge in [0.25, 0.3) is 5.56 Å². The number of benzene rings is 1. The lowest BCUT2D eigenvalue weighted by Crippen LogP contribution is -2.25. The molecule has 10 heteroatoms. The van der Waals surface area contributed by atoms with Gasteiger partial charge in [-0.15, -0.1) is 0 Å². The SMILES string of the molecule is Cc1ccnc2cc(Cn3nc(I)c4c(N)ncnc43)n(-c3ccccc3F)c(=O)c12. The van der Waals surface area contributed by atoms with Crippen molar-refractivity contribution in [3.05, 3.63) is 80.1 Å². The third-order valence-electron chi connectivity index (χ3n) is 5.12. The number of para-hydroxylation sites is 1. The summed E-state index contributed by atoms with van der Waals surface area (Å²) in [6.07, 6.45) is 3.01. The molecule has 31 heavy (non-hydrogen) atoms. The number of rotatable bonds is 3. The number of anilines is 1. The predicted molar refractivity (Wildman–Crippen MR) is 124 cm³/mol. The molecule has 1 aromatic carbocycles. The van der Waals surface area contributed by atoms with Gasteiger partial charge in [0.2, 0.25) is 0 Å². The lowest BCUT2D eigenvalue weighted by Gasteiger charge is -2.16. The minimum Gasteiger partial charge on any atom is -0.383 e. The van der Waals surface area contributed by atoms with Crippen LogP contribution in [0.5, 0.6) is 0 Å². The molecule has 154 valence electrons. The molecule has 0 bridgehead atoms. The molecular formula is C21H15FIN7O. The molecule has 0 aliphatic rings. The molecule has 5 aromatic rings. The van der Waals surface area contributed by atoms with Gasteiger partial charge in [0.15, 0.2) is 5.65 Å². The first-order chi connectivity index (χ1) is 15.0. The summed E-state index contributed by atoms with van der Waals surface area (Å²) in [5.74, 6) is -0.179. The molecule has 0 saturated heterocycles. The minimum atomic E-state index is -0.502. The van der Waals surface area contributed by atoms with E-state index in [0.717, 1.165) is 5.56 Å². The maximum atomic E-state index is 14.7. The molecule has 5 rings (SSSR count). The number of nitrogens with zero attached hydrogens (tertiary/aromatic N) is 6. The number of halogens is 2. The van der Waals surface area contributed by atoms with Gasteiger partial charge in [-0.3, -0.25) is 14.3 Å². The second-order valence-corrected chi connectivity index (χ2v) is 8.04. The highest BCUT2D eigenvalue weighted by atomic mass is 127. The van der Waals surface area contributed by atoms with Gasteiger partial charge in [-0.2, -0.15) is 5.10 Å². The van der Waals surface area contributed by atoms with Crippen LogP contribution >= 0.6 is 22.6 Å². The number of nitrogen functional groups attached to an aromatic ring is 1. The van der Waals surface area contributed by atoms with E-state index in [1.54, 1.807) is 41.2 Å². The van der Waals surface area contributed by atoms with Crippen molar-refractivity contribution < 1.29 is 4.39 Å². The zero-order chi connectivity index (χ0) is 21.7. The van der Waals surface area contributed by atoms with E-state index < -0.39 is 5.82 Å². The van der Waals surface area contributed by atoms with Crippen molar-refractivity contribution in [3.63, 3.8) is 0 Å². The molecule has 8 nitrogen and oxygen atoms in total. The Morgan fingerprint density at radius 1 is 1.13 bits per heavy atom. The molecule has 2 N–H and O–H groups in total. The van der Waals surface area contributed by atoms with Crippen LogP contribution in [-0.2, 0) is 6.54 Å². The van der Waals surface area contributed by atoms with Crippen molar-refractivity contribution in [2.45, 2.75) is 13.5 Å². The summed E-state index contributed by atoms with van der Waals surface area (Å²) in [4.78, 5) is 26.2. The third-order valence-corrected chi connectivity index (χ3v) is 5.87. The predicted octanol–water partition coefficient (Wildman–Crippen LogP) is 3.21. The Bertz CT molecular complexity index is 1540. The van der Waals surface area contributed by atoms with Gasteiger partial charge in [-0.05, 0) is 59.3 Å². The largest absolute Gasteiger partial charge is 0.383 e. The van der Waals surface area contributed by atoms with Crippen molar-refractivity contribution in [2.24, 2.45) is 0 Å². The van der Waals surface area contributed by atoms with Crippen LogP contribution in [0, 0.1) is 16.4 Å². The Hall–Kier alpha value is -3.41. The van der Waals surface area contributed by atoms with Gasteiger partial charge in [0, 0.05) is 6.20 Å². The second-order valence-electron chi connectivity index (χ2n) is 7.02. The van der Waals surface area contributed by atoms with E-state index in [9.17, 15) is 9.18 Å². The molecule has 0 saturated carbocycles. The van der Waals surface area contributed by atoms with Crippen LogP contribution in [0.2, 0.25) is 0 Å². The quantitative estimate of drug-likeness (QED) is 0.362. The van der Waals surface area contributed by atoms with E-state index in [-0.39, 0.29) is 17.8 Å². The lowest BCUT2D eigenvalue weighted by atomic mass is 10.1. The molecule has 0 atom stereocenters. The topological polar surface area (TPSA) is 105 Å². The summed E-state index contributed by atoms with van der Waals surface area (Å²) in [6, 6.07) is 9.71. The summed E-state index contributed by atoms with van der Waals surface area (Å²) >= 11 is 2.07. The molecule has 4 aromatic heterocycles. The van der Waals surface area contributed by atoms with Crippen molar-refractivity contribution in [1.29, 1.82) is 0 Å². The average molecular weight is 527 g/mol. The minimum absolute atomic E-state index is 0.158. The average Bonchev–Trinajstić information content (AvgIpc) is 3.05. The number of aromatic nitrogens is 6. The van der Waals surface area contributed by atoms with Gasteiger partial charge < -0.3 is 5.73 Å². The summed E-state index contributed by atoms with van der Waals surface area (Å²) in [5.41, 5.74) is 8.16. The van der Waals surface area contributed by atoms with Gasteiger partial charge in [0.1, 0.15) is 21.7 Å². The maximum Gasteiger partial charge on any atom is 0.265 e. The maximum absolute atomic E-state index is 14.7. The highest BCUT2D eigenvalue weighted by Gasteiger charge is 2.19. The highest BCUT2D eigenvalue weighted by Crippen LogP contribution is 2.25. The van der Waals surface area contributed by atoms with E-state index in [0.29, 0.717) is 37.1 Å². The Kier molecular flexibility index (Phi) is 4.65. The van der Waals surface area contributed by atoms with Crippen molar-refractivity contribution >= 4 is 50.3 Å². The van der Waals surface area contributed by atoms with Gasteiger partial charge >= 0.3 is 0 Å². The van der Waals surface area contributed by atoms with E-state index in [2.05, 4.69) is 42.6 Å². The smallest absolute Gasteiger partial charge is 0.265 e. The fraction of sp³-hybridized carbons (Fsp3) is 0.0952. The Labute approximate surface area is 188 Å². The first kappa shape index (κ1) is 19.5. The standard InChI is InChI=1S/C21H15FIN7O/c1-11-6-7-25-14-8-12(9-29-20-17(18(23)28-29)19(24)26-10-27-20)30(21(31)16(11)14)15-5-3-2-4-13(15)22/h2-8,10H,9H2,1H3,(H2,24,26,27). The number of nitrogens with two attached hydrogens (primary N) is 1. The molecule has 0 fully saturated rings. The molecule has 0 spiro atoms. The van der Waals surface area contributed by atoms with Crippen molar-refractivity contribution in [3.8, 4) is 5.69 Å². The second kappa shape index (κ2) is 7.38. The van der Waals surface area contributed by atoms with Crippen LogP contribution in [0.15, 0.2) is 53.7 Å². The van der Waals surface area contributed by atoms with Crippen LogP contribution in [0.25, 0.3) is 27.6 Å². The Morgan fingerprint density at radius 3 is 2.74 bits per heavy atom. The molecule has 0 aliphatic heterocycles. The first-order valence-electron chi connectivity index (χ1n) is 9.33. The third kappa shape index (κ3) is 3.14. The van der Waals surface area contributed by atoms with E-state index in [1.165, 1.54) is 17.0 Å². The van der Waals surface area contributed by atoms with E-state index >= 15 is 0 Å². The highest BCUT2D eigenvalue weighted by molar-refractivity contribution is 14.1. The van der Waals surface area contributed by atoms with Crippen molar-refractivity contribution in [2.75, 3.05) is 5.73 Å². The van der Waals surface area contributed by atoms with Crippen LogP contribution in [-0.4, -0.2) is 29.3 Å². The van der Waals surface area contributed by atoms with Crippen molar-refractivity contribution in [1.82, 2.24) is 29.3 Å². The van der Waals surface area contributed by atoms with Gasteiger partial charge in [0.05, 0.1) is 34.2 Å². The molecular weight excluding hydrogens is 512 g/mol. The van der Waals surface area contributed by atoms with Crippen LogP contribution in [0.3, 0.4) is 0 Å². The number of aryl methyl sites for hydroxylation is 1. The van der Waals surface area contributed by atoms with Crippen LogP contribution in [0.4, 0.5) is 10.2 Å². The van der Waals surface area contributed by atoms with Gasteiger partial charge in [-0.1, -0.05) is 12.1 Å². The molecule has 0 aliphatic carbocycles. The zero-order valence-electron chi connectivity index (χ0n) is 16.3. The fourth-order valence-corrected chi connectivity index (χ4v) is 4.47. The monoisotopic (exact) mass is 527 g/mol. The number of fused-ring (bicyclic) bond motifs is 2. The van der Waals surface area contributed by atoms with E-state index in [1.807, 2.05) is 6.92 Å². The Balaban J connectivity index is 1.82. The number of hydrogen-bond acceptors (Lipinski definition) is 6. The Morgan fingerprint density at radius 2 is 1.94 bits per heavy atom. The van der Waals surface area contributed by atoms with Crippen LogP contribution < -0.4 is 11.3 Å². The van der Waals surface area contributed by atoms with E-state index in [4.69, 9.17) is 5.73 Å². The fourth-order valence-electron chi connectivity index (χ4n) is 3.70. The summed E-state index contributed by atoms with van der Waals surface area (Å²) in [7, 11) is 0.